The molecule has 0 aromatic heterocycles. The number of nitrogens with zero attached hydrogens (tertiary/aromatic N) is 4. The Labute approximate surface area is 231 Å². The molecule has 4 N–H and O–H groups in total. The van der Waals surface area contributed by atoms with Crippen LogP contribution in [0, 0.1) is 23.2 Å². The van der Waals surface area contributed by atoms with Gasteiger partial charge in [-0.05, 0) is 37.5 Å². The Morgan fingerprint density at radius 2 is 1.51 bits per heavy atom. The fourth-order valence-electron chi connectivity index (χ4n) is 6.93. The highest BCUT2D eigenvalue weighted by Crippen LogP contribution is 2.36. The van der Waals surface area contributed by atoms with Gasteiger partial charge in [0, 0.05) is 45.7 Å². The zero-order valence-electron chi connectivity index (χ0n) is 23.2. The number of piperidine rings is 1. The average molecular weight is 547 g/mol. The molecule has 3 saturated heterocycles. The van der Waals surface area contributed by atoms with E-state index in [-0.39, 0.29) is 17.8 Å². The number of carbonyl (C=O) groups excluding carboxylic acids is 3. The monoisotopic (exact) mass is 546 g/mol. The number of unbranched alkanes of at least 4 members (excludes halogenated alkanes) is 2. The third-order valence-electron chi connectivity index (χ3n) is 9.25. The number of imide groups is 1. The molecule has 11 nitrogen and oxygen atoms in total. The van der Waals surface area contributed by atoms with Crippen LogP contribution in [0.4, 0.5) is 4.79 Å². The average Bonchev–Trinajstić information content (AvgIpc) is 2.94. The number of amides is 4. The first-order valence-electron chi connectivity index (χ1n) is 15.0. The molecule has 0 spiro atoms. The molecule has 1 aliphatic carbocycles. The number of likely N-dealkylation sites (tertiary alicyclic amines) is 2. The van der Waals surface area contributed by atoms with Crippen LogP contribution in [0.25, 0.3) is 0 Å². The van der Waals surface area contributed by atoms with E-state index >= 15 is 0 Å². The number of aliphatic carboxylic acids is 1. The van der Waals surface area contributed by atoms with Crippen LogP contribution in [0.15, 0.2) is 0 Å². The smallest absolute Gasteiger partial charge is 0.327 e. The number of β-lactam (4-membered cyclic amide) rings is 1. The molecule has 0 aromatic rings. The second kappa shape index (κ2) is 13.5. The summed E-state index contributed by atoms with van der Waals surface area (Å²) in [4.78, 5) is 56.8. The van der Waals surface area contributed by atoms with Gasteiger partial charge in [0.1, 0.15) is 0 Å². The van der Waals surface area contributed by atoms with E-state index in [2.05, 4.69) is 0 Å². The van der Waals surface area contributed by atoms with Gasteiger partial charge in [0.05, 0.1) is 5.92 Å². The van der Waals surface area contributed by atoms with Gasteiger partial charge in [-0.3, -0.25) is 15.0 Å². The van der Waals surface area contributed by atoms with Crippen LogP contribution in [-0.4, -0.2) is 99.8 Å². The molecule has 0 aromatic carbocycles. The number of carboxylic acids is 1. The molecule has 4 amide bonds. The largest absolute Gasteiger partial charge is 0.480 e. The molecule has 0 radical (unpaired) electrons. The van der Waals surface area contributed by atoms with E-state index in [0.717, 1.165) is 36.5 Å². The summed E-state index contributed by atoms with van der Waals surface area (Å²) in [5.74, 6) is -1.35. The Kier molecular flexibility index (Phi) is 10.1. The van der Waals surface area contributed by atoms with Crippen LogP contribution < -0.4 is 5.73 Å². The number of urea groups is 1. The molecule has 4 rings (SSSR count). The van der Waals surface area contributed by atoms with E-state index in [1.54, 1.807) is 9.80 Å². The first-order chi connectivity index (χ1) is 18.8. The van der Waals surface area contributed by atoms with E-state index in [0.29, 0.717) is 52.1 Å². The quantitative estimate of drug-likeness (QED) is 0.174. The highest BCUT2D eigenvalue weighted by Gasteiger charge is 2.56. The minimum absolute atomic E-state index is 0.0153. The normalized spacial score (nSPS) is 26.4. The van der Waals surface area contributed by atoms with Gasteiger partial charge in [-0.1, -0.05) is 51.4 Å². The van der Waals surface area contributed by atoms with Gasteiger partial charge in [0.2, 0.25) is 11.8 Å². The van der Waals surface area contributed by atoms with Crippen molar-refractivity contribution in [2.75, 3.05) is 39.3 Å². The molecule has 1 saturated carbocycles. The van der Waals surface area contributed by atoms with Crippen LogP contribution in [0.3, 0.4) is 0 Å². The molecule has 0 bridgehead atoms. The first kappa shape index (κ1) is 29.1. The van der Waals surface area contributed by atoms with Gasteiger partial charge in [0.25, 0.3) is 0 Å². The van der Waals surface area contributed by atoms with Crippen LogP contribution in [-0.2, 0) is 14.4 Å². The Bertz CT molecular complexity index is 914. The van der Waals surface area contributed by atoms with Gasteiger partial charge < -0.3 is 25.5 Å². The SMILES string of the molecule is N=C(N)N1CCCC(CC2C(=O)N(C(=O)N3CCN(C(=O)CCCCCC4CCCCC4)CC3)C2C(=O)O)C1. The summed E-state index contributed by atoms with van der Waals surface area (Å²) in [5, 5.41) is 17.5. The maximum atomic E-state index is 13.1. The summed E-state index contributed by atoms with van der Waals surface area (Å²) < 4.78 is 0. The summed E-state index contributed by atoms with van der Waals surface area (Å²) in [6.07, 6.45) is 13.8. The summed E-state index contributed by atoms with van der Waals surface area (Å²) in [5.41, 5.74) is 5.61. The lowest BCUT2D eigenvalue weighted by Gasteiger charge is -2.47. The summed E-state index contributed by atoms with van der Waals surface area (Å²) in [7, 11) is 0. The maximum absolute atomic E-state index is 13.1. The van der Waals surface area contributed by atoms with Crippen LogP contribution in [0.1, 0.15) is 83.5 Å². The van der Waals surface area contributed by atoms with Crippen molar-refractivity contribution in [1.29, 1.82) is 5.41 Å². The van der Waals surface area contributed by atoms with E-state index in [4.69, 9.17) is 11.1 Å². The predicted molar refractivity (Wildman–Crippen MR) is 146 cm³/mol. The van der Waals surface area contributed by atoms with Crippen molar-refractivity contribution >= 4 is 29.8 Å². The van der Waals surface area contributed by atoms with Crippen molar-refractivity contribution in [2.45, 2.75) is 89.5 Å². The maximum Gasteiger partial charge on any atom is 0.327 e. The minimum Gasteiger partial charge on any atom is -0.480 e. The second-order valence-corrected chi connectivity index (χ2v) is 11.9. The summed E-state index contributed by atoms with van der Waals surface area (Å²) >= 11 is 0. The molecule has 3 atom stereocenters. The molecule has 11 heteroatoms. The highest BCUT2D eigenvalue weighted by molar-refractivity contribution is 6.07. The first-order valence-corrected chi connectivity index (χ1v) is 15.0. The Morgan fingerprint density at radius 1 is 0.846 bits per heavy atom. The molecular formula is C28H46N6O5. The van der Waals surface area contributed by atoms with E-state index < -0.39 is 29.9 Å². The van der Waals surface area contributed by atoms with Crippen molar-refractivity contribution in [3.63, 3.8) is 0 Å². The van der Waals surface area contributed by atoms with Crippen molar-refractivity contribution in [3.8, 4) is 0 Å². The lowest BCUT2D eigenvalue weighted by molar-refractivity contribution is -0.167. The second-order valence-electron chi connectivity index (χ2n) is 11.9. The number of carboxylic acid groups (broad SMARTS) is 1. The number of piperazine rings is 1. The van der Waals surface area contributed by atoms with Crippen molar-refractivity contribution in [1.82, 2.24) is 19.6 Å². The van der Waals surface area contributed by atoms with Crippen molar-refractivity contribution < 1.29 is 24.3 Å². The fourth-order valence-corrected chi connectivity index (χ4v) is 6.93. The van der Waals surface area contributed by atoms with E-state index in [1.807, 2.05) is 0 Å². The van der Waals surface area contributed by atoms with Gasteiger partial charge in [-0.2, -0.15) is 0 Å². The fraction of sp³-hybridized carbons (Fsp3) is 0.821. The molecule has 3 aliphatic heterocycles. The number of hydrogen-bond acceptors (Lipinski definition) is 5. The number of hydrogen-bond donors (Lipinski definition) is 3. The molecule has 3 unspecified atom stereocenters. The number of nitrogens with two attached hydrogens (primary N) is 1. The number of carbonyl (C=O) groups is 4. The lowest BCUT2D eigenvalue weighted by atomic mass is 9.78. The Hall–Kier alpha value is -2.85. The number of rotatable bonds is 9. The Morgan fingerprint density at radius 3 is 2.18 bits per heavy atom. The van der Waals surface area contributed by atoms with E-state index in [1.165, 1.54) is 49.8 Å². The minimum atomic E-state index is -1.18. The molecule has 3 heterocycles. The number of nitrogens with one attached hydrogen (secondary N) is 1. The molecule has 218 valence electrons. The van der Waals surface area contributed by atoms with Crippen LogP contribution in [0.5, 0.6) is 0 Å². The molecular weight excluding hydrogens is 500 g/mol. The van der Waals surface area contributed by atoms with Crippen molar-refractivity contribution in [2.24, 2.45) is 23.5 Å². The van der Waals surface area contributed by atoms with Crippen molar-refractivity contribution in [3.05, 3.63) is 0 Å². The predicted octanol–water partition coefficient (Wildman–Crippen LogP) is 2.69. The topological polar surface area (TPSA) is 151 Å². The molecule has 39 heavy (non-hydrogen) atoms. The summed E-state index contributed by atoms with van der Waals surface area (Å²) in [6, 6.07) is -1.75. The van der Waals surface area contributed by atoms with Gasteiger partial charge in [-0.25, -0.2) is 14.5 Å². The van der Waals surface area contributed by atoms with Gasteiger partial charge in [0.15, 0.2) is 12.0 Å². The molecule has 4 fully saturated rings. The lowest BCUT2D eigenvalue weighted by Crippen LogP contribution is -2.70. The number of guanidine groups is 1. The third-order valence-corrected chi connectivity index (χ3v) is 9.25. The summed E-state index contributed by atoms with van der Waals surface area (Å²) in [6.45, 7) is 2.60. The van der Waals surface area contributed by atoms with E-state index in [9.17, 15) is 24.3 Å². The Balaban J connectivity index is 1.19. The zero-order chi connectivity index (χ0) is 27.9. The van der Waals surface area contributed by atoms with Crippen LogP contribution >= 0.6 is 0 Å². The zero-order valence-corrected chi connectivity index (χ0v) is 23.2. The highest BCUT2D eigenvalue weighted by atomic mass is 16.4. The van der Waals surface area contributed by atoms with Crippen LogP contribution in [0.2, 0.25) is 0 Å². The van der Waals surface area contributed by atoms with Gasteiger partial charge in [-0.15, -0.1) is 0 Å². The van der Waals surface area contributed by atoms with Gasteiger partial charge >= 0.3 is 12.0 Å². The standard InChI is InChI=1S/C28H46N6O5/c29-27(30)33-13-7-11-21(19-33)18-22-24(26(37)38)34(25(22)36)28(39)32-16-14-31(15-17-32)23(35)12-6-2-5-10-20-8-3-1-4-9-20/h20-22,24H,1-19H2,(H3,29,30)(H,37,38). The molecule has 4 aliphatic rings. The third kappa shape index (κ3) is 7.22.